The average Bonchev–Trinajstić information content (AvgIpc) is 3.13. The Balaban J connectivity index is 0.00000150. The lowest BCUT2D eigenvalue weighted by atomic mass is 9.93. The molecule has 7 nitrogen and oxygen atoms in total. The molecule has 9 heteroatoms. The molecule has 0 aliphatic carbocycles. The van der Waals surface area contributed by atoms with E-state index < -0.39 is 0 Å². The van der Waals surface area contributed by atoms with Gasteiger partial charge in [0.25, 0.3) is 0 Å². The molecular formula is C20H36Cl2N6O. The van der Waals surface area contributed by atoms with Crippen molar-refractivity contribution in [1.82, 2.24) is 29.9 Å². The zero-order chi connectivity index (χ0) is 18.8. The molecule has 166 valence electrons. The van der Waals surface area contributed by atoms with Crippen LogP contribution in [0.5, 0.6) is 0 Å². The van der Waals surface area contributed by atoms with Crippen LogP contribution in [0.3, 0.4) is 0 Å². The van der Waals surface area contributed by atoms with Crippen molar-refractivity contribution >= 4 is 30.7 Å². The van der Waals surface area contributed by atoms with Gasteiger partial charge in [-0.3, -0.25) is 9.69 Å². The van der Waals surface area contributed by atoms with Gasteiger partial charge in [0.1, 0.15) is 11.6 Å². The van der Waals surface area contributed by atoms with Crippen molar-refractivity contribution in [2.75, 3.05) is 32.7 Å². The SMILES string of the molecule is CC(C)C(C(=O)N1CCC(c2nnc3n2CCNC3)CC1)N1CCCCC1.Cl.Cl. The van der Waals surface area contributed by atoms with Crippen molar-refractivity contribution in [1.29, 1.82) is 0 Å². The number of rotatable bonds is 4. The van der Waals surface area contributed by atoms with Gasteiger partial charge < -0.3 is 14.8 Å². The molecule has 2 fully saturated rings. The number of likely N-dealkylation sites (tertiary alicyclic amines) is 2. The third-order valence-electron chi connectivity index (χ3n) is 6.49. The molecule has 1 unspecified atom stereocenters. The lowest BCUT2D eigenvalue weighted by Gasteiger charge is -2.40. The van der Waals surface area contributed by atoms with E-state index in [1.54, 1.807) is 0 Å². The summed E-state index contributed by atoms with van der Waals surface area (Å²) in [7, 11) is 0. The van der Waals surface area contributed by atoms with E-state index in [0.29, 0.717) is 17.7 Å². The molecule has 1 aromatic rings. The third-order valence-corrected chi connectivity index (χ3v) is 6.49. The maximum absolute atomic E-state index is 13.3. The number of fused-ring (bicyclic) bond motifs is 1. The molecule has 1 amide bonds. The molecule has 0 bridgehead atoms. The summed E-state index contributed by atoms with van der Waals surface area (Å²) in [6, 6.07) is 0.0498. The quantitative estimate of drug-likeness (QED) is 0.768. The lowest BCUT2D eigenvalue weighted by molar-refractivity contribution is -0.140. The molecule has 0 radical (unpaired) electrons. The molecule has 0 spiro atoms. The second-order valence-electron chi connectivity index (χ2n) is 8.69. The number of hydrogen-bond donors (Lipinski definition) is 1. The van der Waals surface area contributed by atoms with E-state index in [4.69, 9.17) is 0 Å². The fourth-order valence-corrected chi connectivity index (χ4v) is 5.02. The summed E-state index contributed by atoms with van der Waals surface area (Å²) in [4.78, 5) is 17.9. The first-order valence-electron chi connectivity index (χ1n) is 10.8. The van der Waals surface area contributed by atoms with E-state index in [0.717, 1.165) is 70.3 Å². The number of nitrogens with one attached hydrogen (secondary N) is 1. The fraction of sp³-hybridized carbons (Fsp3) is 0.850. The highest BCUT2D eigenvalue weighted by Gasteiger charge is 2.35. The van der Waals surface area contributed by atoms with Crippen LogP contribution < -0.4 is 5.32 Å². The Bertz CT molecular complexity index is 653. The number of carbonyl (C=O) groups excluding carboxylic acids is 1. The maximum atomic E-state index is 13.3. The zero-order valence-corrected chi connectivity index (χ0v) is 19.3. The monoisotopic (exact) mass is 446 g/mol. The number of hydrogen-bond acceptors (Lipinski definition) is 5. The minimum Gasteiger partial charge on any atom is -0.341 e. The van der Waals surface area contributed by atoms with E-state index in [1.165, 1.54) is 19.3 Å². The second-order valence-corrected chi connectivity index (χ2v) is 8.69. The molecule has 3 aliphatic rings. The van der Waals surface area contributed by atoms with Crippen LogP contribution in [0.15, 0.2) is 0 Å². The fourth-order valence-electron chi connectivity index (χ4n) is 5.02. The van der Waals surface area contributed by atoms with Crippen LogP contribution in [-0.4, -0.2) is 69.2 Å². The lowest BCUT2D eigenvalue weighted by Crippen LogP contribution is -2.54. The Labute approximate surface area is 186 Å². The highest BCUT2D eigenvalue weighted by Crippen LogP contribution is 2.29. The van der Waals surface area contributed by atoms with Crippen LogP contribution in [0.1, 0.15) is 63.5 Å². The van der Waals surface area contributed by atoms with Gasteiger partial charge in [0.05, 0.1) is 12.6 Å². The van der Waals surface area contributed by atoms with Gasteiger partial charge in [0.15, 0.2) is 0 Å². The van der Waals surface area contributed by atoms with Crippen molar-refractivity contribution in [3.8, 4) is 0 Å². The second kappa shape index (κ2) is 10.9. The van der Waals surface area contributed by atoms with Crippen LogP contribution in [0.25, 0.3) is 0 Å². The van der Waals surface area contributed by atoms with Gasteiger partial charge in [-0.05, 0) is 44.7 Å². The number of piperidine rings is 2. The first-order chi connectivity index (χ1) is 13.1. The first-order valence-corrected chi connectivity index (χ1v) is 10.8. The van der Waals surface area contributed by atoms with Crippen LogP contribution >= 0.6 is 24.8 Å². The van der Waals surface area contributed by atoms with Crippen molar-refractivity contribution in [2.45, 2.75) is 71.0 Å². The highest BCUT2D eigenvalue weighted by atomic mass is 35.5. The molecule has 29 heavy (non-hydrogen) atoms. The molecule has 1 atom stereocenters. The summed E-state index contributed by atoms with van der Waals surface area (Å²) in [5.41, 5.74) is 0. The van der Waals surface area contributed by atoms with E-state index >= 15 is 0 Å². The Morgan fingerprint density at radius 2 is 1.69 bits per heavy atom. The predicted octanol–water partition coefficient (Wildman–Crippen LogP) is 2.44. The number of aromatic nitrogens is 3. The molecular weight excluding hydrogens is 411 g/mol. The van der Waals surface area contributed by atoms with Gasteiger partial charge in [0.2, 0.25) is 5.91 Å². The zero-order valence-electron chi connectivity index (χ0n) is 17.7. The number of amides is 1. The molecule has 4 heterocycles. The smallest absolute Gasteiger partial charge is 0.240 e. The van der Waals surface area contributed by atoms with Crippen molar-refractivity contribution in [2.24, 2.45) is 5.92 Å². The normalized spacial score (nSPS) is 21.8. The topological polar surface area (TPSA) is 66.3 Å². The minimum atomic E-state index is 0. The Morgan fingerprint density at radius 1 is 1.00 bits per heavy atom. The Morgan fingerprint density at radius 3 is 2.34 bits per heavy atom. The molecule has 3 aliphatic heterocycles. The van der Waals surface area contributed by atoms with Gasteiger partial charge in [-0.2, -0.15) is 0 Å². The summed E-state index contributed by atoms with van der Waals surface area (Å²) in [5, 5.41) is 12.2. The Kier molecular flexibility index (Phi) is 9.19. The van der Waals surface area contributed by atoms with Gasteiger partial charge in [0, 0.05) is 32.1 Å². The van der Waals surface area contributed by atoms with E-state index in [2.05, 4.69) is 43.7 Å². The van der Waals surface area contributed by atoms with E-state index in [-0.39, 0.29) is 30.9 Å². The van der Waals surface area contributed by atoms with Gasteiger partial charge in [-0.25, -0.2) is 0 Å². The molecule has 0 saturated carbocycles. The standard InChI is InChI=1S/C20H34N6O.2ClH/c1-15(2)18(24-9-4-3-5-10-24)20(27)25-11-6-16(7-12-25)19-23-22-17-14-21-8-13-26(17)19;;/h15-16,18,21H,3-14H2,1-2H3;2*1H. The van der Waals surface area contributed by atoms with Gasteiger partial charge in [-0.15, -0.1) is 35.0 Å². The van der Waals surface area contributed by atoms with Gasteiger partial charge in [-0.1, -0.05) is 20.3 Å². The number of nitrogens with zero attached hydrogens (tertiary/aromatic N) is 5. The molecule has 1 N–H and O–H groups in total. The molecule has 0 aromatic carbocycles. The van der Waals surface area contributed by atoms with Crippen LogP contribution in [0.4, 0.5) is 0 Å². The molecule has 4 rings (SSSR count). The first kappa shape index (κ1) is 24.4. The Hall–Kier alpha value is -0.890. The largest absolute Gasteiger partial charge is 0.341 e. The number of halogens is 2. The predicted molar refractivity (Wildman–Crippen MR) is 119 cm³/mol. The van der Waals surface area contributed by atoms with Crippen LogP contribution in [0, 0.1) is 5.92 Å². The van der Waals surface area contributed by atoms with Gasteiger partial charge >= 0.3 is 0 Å². The summed E-state index contributed by atoms with van der Waals surface area (Å²) in [6.07, 6.45) is 5.76. The highest BCUT2D eigenvalue weighted by molar-refractivity contribution is 5.85. The van der Waals surface area contributed by atoms with E-state index in [9.17, 15) is 4.79 Å². The molecule has 1 aromatic heterocycles. The van der Waals surface area contributed by atoms with Crippen LogP contribution in [-0.2, 0) is 17.9 Å². The number of carbonyl (C=O) groups is 1. The third kappa shape index (κ3) is 5.24. The van der Waals surface area contributed by atoms with Crippen molar-refractivity contribution < 1.29 is 4.79 Å². The van der Waals surface area contributed by atoms with E-state index in [1.807, 2.05) is 0 Å². The minimum absolute atomic E-state index is 0. The summed E-state index contributed by atoms with van der Waals surface area (Å²) in [5.74, 6) is 3.33. The average molecular weight is 447 g/mol. The summed E-state index contributed by atoms with van der Waals surface area (Å²) in [6.45, 7) is 11.0. The maximum Gasteiger partial charge on any atom is 0.240 e. The van der Waals surface area contributed by atoms with Crippen molar-refractivity contribution in [3.63, 3.8) is 0 Å². The summed E-state index contributed by atoms with van der Waals surface area (Å²) < 4.78 is 2.29. The van der Waals surface area contributed by atoms with Crippen molar-refractivity contribution in [3.05, 3.63) is 11.6 Å². The van der Waals surface area contributed by atoms with Crippen LogP contribution in [0.2, 0.25) is 0 Å². The summed E-state index contributed by atoms with van der Waals surface area (Å²) >= 11 is 0. The molecule has 2 saturated heterocycles.